The Kier molecular flexibility index (Phi) is 5.87. The molecule has 3 rings (SSSR count). The number of carbonyl (C=O) groups excluding carboxylic acids is 1. The van der Waals surface area contributed by atoms with E-state index < -0.39 is 17.8 Å². The number of rotatable bonds is 4. The Bertz CT molecular complexity index is 641. The predicted molar refractivity (Wildman–Crippen MR) is 91.1 cm³/mol. The highest BCUT2D eigenvalue weighted by molar-refractivity contribution is 5.97. The molecule has 0 N–H and O–H groups in total. The van der Waals surface area contributed by atoms with Gasteiger partial charge >= 0.3 is 6.18 Å². The highest BCUT2D eigenvalue weighted by atomic mass is 19.4. The molecule has 26 heavy (non-hydrogen) atoms. The van der Waals surface area contributed by atoms with Crippen LogP contribution in [0.1, 0.15) is 43.7 Å². The van der Waals surface area contributed by atoms with Crippen LogP contribution in [0.4, 0.5) is 18.9 Å². The first kappa shape index (κ1) is 19.2. The first-order valence-electron chi connectivity index (χ1n) is 9.11. The van der Waals surface area contributed by atoms with E-state index in [-0.39, 0.29) is 12.0 Å². The van der Waals surface area contributed by atoms with Crippen molar-refractivity contribution in [1.82, 2.24) is 0 Å². The number of amides is 1. The number of hydrogen-bond acceptors (Lipinski definition) is 3. The molecule has 1 saturated heterocycles. The summed E-state index contributed by atoms with van der Waals surface area (Å²) in [6, 6.07) is 3.58. The van der Waals surface area contributed by atoms with Gasteiger partial charge in [0.15, 0.2) is 0 Å². The lowest BCUT2D eigenvalue weighted by molar-refractivity contribution is -0.137. The lowest BCUT2D eigenvalue weighted by atomic mass is 9.98. The summed E-state index contributed by atoms with van der Waals surface area (Å²) >= 11 is 0. The van der Waals surface area contributed by atoms with Gasteiger partial charge in [-0.25, -0.2) is 0 Å². The third-order valence-electron chi connectivity index (χ3n) is 4.95. The van der Waals surface area contributed by atoms with E-state index in [1.165, 1.54) is 6.07 Å². The Morgan fingerprint density at radius 3 is 2.85 bits per heavy atom. The average Bonchev–Trinajstić information content (AvgIpc) is 2.64. The van der Waals surface area contributed by atoms with Gasteiger partial charge in [-0.1, -0.05) is 0 Å². The van der Waals surface area contributed by atoms with Crippen molar-refractivity contribution in [3.05, 3.63) is 29.3 Å². The zero-order chi connectivity index (χ0) is 18.7. The molecule has 0 radical (unpaired) electrons. The van der Waals surface area contributed by atoms with Crippen molar-refractivity contribution in [2.45, 2.75) is 57.4 Å². The van der Waals surface area contributed by atoms with Crippen LogP contribution in [0.3, 0.4) is 0 Å². The lowest BCUT2D eigenvalue weighted by Crippen LogP contribution is -2.43. The number of anilines is 1. The quantitative estimate of drug-likeness (QED) is 0.804. The van der Waals surface area contributed by atoms with Gasteiger partial charge in [0, 0.05) is 18.8 Å². The second-order valence-corrected chi connectivity index (χ2v) is 6.90. The predicted octanol–water partition coefficient (Wildman–Crippen LogP) is 3.96. The van der Waals surface area contributed by atoms with E-state index in [2.05, 4.69) is 0 Å². The standard InChI is InChI=1S/C19H24F3NO3/c1-13(26-12-16-6-2-3-10-25-16)18(24)23-9-4-5-14-11-15(19(20,21)22)7-8-17(14)23/h7-8,11,13,16H,2-6,9-10,12H2,1H3. The Labute approximate surface area is 151 Å². The lowest BCUT2D eigenvalue weighted by Gasteiger charge is -2.32. The zero-order valence-electron chi connectivity index (χ0n) is 14.8. The molecule has 0 aliphatic carbocycles. The van der Waals surface area contributed by atoms with Crippen LogP contribution in [-0.2, 0) is 26.9 Å². The third-order valence-corrected chi connectivity index (χ3v) is 4.95. The Balaban J connectivity index is 1.66. The smallest absolute Gasteiger partial charge is 0.376 e. The molecule has 0 aromatic heterocycles. The van der Waals surface area contributed by atoms with Gasteiger partial charge in [-0.3, -0.25) is 4.79 Å². The number of fused-ring (bicyclic) bond motifs is 1. The molecule has 0 spiro atoms. The van der Waals surface area contributed by atoms with E-state index in [1.54, 1.807) is 11.8 Å². The second kappa shape index (κ2) is 7.96. The normalized spacial score (nSPS) is 22.0. The van der Waals surface area contributed by atoms with Gasteiger partial charge in [0.05, 0.1) is 18.3 Å². The average molecular weight is 371 g/mol. The van der Waals surface area contributed by atoms with Crippen LogP contribution >= 0.6 is 0 Å². The molecule has 2 unspecified atom stereocenters. The van der Waals surface area contributed by atoms with E-state index in [4.69, 9.17) is 9.47 Å². The van der Waals surface area contributed by atoms with Gasteiger partial charge in [0.25, 0.3) is 5.91 Å². The fraction of sp³-hybridized carbons (Fsp3) is 0.632. The summed E-state index contributed by atoms with van der Waals surface area (Å²) in [5.74, 6) is -0.221. The molecule has 0 saturated carbocycles. The SMILES string of the molecule is CC(OCC1CCCCO1)C(=O)N1CCCc2cc(C(F)(F)F)ccc21. The van der Waals surface area contributed by atoms with Gasteiger partial charge < -0.3 is 14.4 Å². The van der Waals surface area contributed by atoms with Gasteiger partial charge in [-0.2, -0.15) is 13.2 Å². The fourth-order valence-corrected chi connectivity index (χ4v) is 3.48. The minimum absolute atomic E-state index is 0.0157. The van der Waals surface area contributed by atoms with Crippen molar-refractivity contribution in [3.63, 3.8) is 0 Å². The van der Waals surface area contributed by atoms with Crippen molar-refractivity contribution >= 4 is 11.6 Å². The van der Waals surface area contributed by atoms with Crippen LogP contribution in [0.15, 0.2) is 18.2 Å². The number of carbonyl (C=O) groups is 1. The number of hydrogen-bond donors (Lipinski definition) is 0. The van der Waals surface area contributed by atoms with E-state index in [1.807, 2.05) is 0 Å². The molecule has 2 aliphatic heterocycles. The minimum atomic E-state index is -4.38. The summed E-state index contributed by atoms with van der Waals surface area (Å²) in [6.07, 6.45) is -0.777. The molecule has 1 aromatic carbocycles. The summed E-state index contributed by atoms with van der Waals surface area (Å²) in [4.78, 5) is 14.3. The van der Waals surface area contributed by atoms with E-state index in [0.717, 1.165) is 38.0 Å². The van der Waals surface area contributed by atoms with Crippen LogP contribution in [0.25, 0.3) is 0 Å². The first-order valence-corrected chi connectivity index (χ1v) is 9.11. The molecule has 1 fully saturated rings. The molecule has 2 heterocycles. The Morgan fingerprint density at radius 2 is 2.15 bits per heavy atom. The molecule has 7 heteroatoms. The maximum atomic E-state index is 12.9. The highest BCUT2D eigenvalue weighted by Crippen LogP contribution is 2.35. The van der Waals surface area contributed by atoms with Crippen LogP contribution in [-0.4, -0.2) is 37.9 Å². The molecular formula is C19H24F3NO3. The Morgan fingerprint density at radius 1 is 1.35 bits per heavy atom. The van der Waals surface area contributed by atoms with Gasteiger partial charge in [-0.05, 0) is 62.8 Å². The molecule has 2 aliphatic rings. The molecular weight excluding hydrogens is 347 g/mol. The number of aryl methyl sites for hydroxylation is 1. The maximum Gasteiger partial charge on any atom is 0.416 e. The van der Waals surface area contributed by atoms with Crippen LogP contribution in [0.2, 0.25) is 0 Å². The third kappa shape index (κ3) is 4.38. The van der Waals surface area contributed by atoms with Crippen LogP contribution in [0.5, 0.6) is 0 Å². The fourth-order valence-electron chi connectivity index (χ4n) is 3.48. The maximum absolute atomic E-state index is 12.9. The topological polar surface area (TPSA) is 38.8 Å². The van der Waals surface area contributed by atoms with Crippen LogP contribution < -0.4 is 4.90 Å². The van der Waals surface area contributed by atoms with E-state index in [0.29, 0.717) is 37.2 Å². The first-order chi connectivity index (χ1) is 12.4. The van der Waals surface area contributed by atoms with Gasteiger partial charge in [0.2, 0.25) is 0 Å². The molecule has 4 nitrogen and oxygen atoms in total. The van der Waals surface area contributed by atoms with Crippen molar-refractivity contribution < 1.29 is 27.4 Å². The van der Waals surface area contributed by atoms with E-state index >= 15 is 0 Å². The number of nitrogens with zero attached hydrogens (tertiary/aromatic N) is 1. The monoisotopic (exact) mass is 371 g/mol. The largest absolute Gasteiger partial charge is 0.416 e. The van der Waals surface area contributed by atoms with Crippen molar-refractivity contribution in [2.24, 2.45) is 0 Å². The summed E-state index contributed by atoms with van der Waals surface area (Å²) < 4.78 is 50.0. The number of alkyl halides is 3. The zero-order valence-corrected chi connectivity index (χ0v) is 14.8. The number of ether oxygens (including phenoxy) is 2. The molecule has 144 valence electrons. The van der Waals surface area contributed by atoms with Crippen molar-refractivity contribution in [1.29, 1.82) is 0 Å². The molecule has 2 atom stereocenters. The van der Waals surface area contributed by atoms with Gasteiger partial charge in [-0.15, -0.1) is 0 Å². The summed E-state index contributed by atoms with van der Waals surface area (Å²) in [7, 11) is 0. The highest BCUT2D eigenvalue weighted by Gasteiger charge is 2.33. The summed E-state index contributed by atoms with van der Waals surface area (Å²) in [6.45, 7) is 3.26. The molecule has 0 bridgehead atoms. The summed E-state index contributed by atoms with van der Waals surface area (Å²) in [5.41, 5.74) is 0.435. The van der Waals surface area contributed by atoms with E-state index in [9.17, 15) is 18.0 Å². The summed E-state index contributed by atoms with van der Waals surface area (Å²) in [5, 5.41) is 0. The Hall–Kier alpha value is -1.60. The minimum Gasteiger partial charge on any atom is -0.376 e. The van der Waals surface area contributed by atoms with Crippen molar-refractivity contribution in [3.8, 4) is 0 Å². The molecule has 1 aromatic rings. The number of halogens is 3. The molecule has 1 amide bonds. The van der Waals surface area contributed by atoms with Gasteiger partial charge in [0.1, 0.15) is 6.10 Å². The van der Waals surface area contributed by atoms with Crippen molar-refractivity contribution in [2.75, 3.05) is 24.7 Å². The van der Waals surface area contributed by atoms with Crippen LogP contribution in [0, 0.1) is 0 Å². The second-order valence-electron chi connectivity index (χ2n) is 6.90. The number of benzene rings is 1.